The third kappa shape index (κ3) is 2.97. The molecular formula is C14H17N2O+. The van der Waals surface area contributed by atoms with E-state index >= 15 is 0 Å². The Morgan fingerprint density at radius 3 is 2.76 bits per heavy atom. The molecule has 0 aliphatic rings. The van der Waals surface area contributed by atoms with Crippen molar-refractivity contribution in [2.75, 3.05) is 5.32 Å². The van der Waals surface area contributed by atoms with Crippen LogP contribution in [0.5, 0.6) is 5.75 Å². The molecule has 0 amide bonds. The van der Waals surface area contributed by atoms with E-state index in [0.29, 0.717) is 12.3 Å². The van der Waals surface area contributed by atoms with E-state index in [1.54, 1.807) is 6.07 Å². The summed E-state index contributed by atoms with van der Waals surface area (Å²) in [5.74, 6) is 1.28. The van der Waals surface area contributed by atoms with Gasteiger partial charge in [-0.25, -0.2) is 4.98 Å². The number of anilines is 1. The molecule has 3 N–H and O–H groups in total. The molecule has 88 valence electrons. The Kier molecular flexibility index (Phi) is 3.28. The van der Waals surface area contributed by atoms with Gasteiger partial charge in [-0.3, -0.25) is 5.32 Å². The number of H-pyrrole nitrogens is 1. The minimum atomic E-state index is 0.329. The van der Waals surface area contributed by atoms with Gasteiger partial charge in [-0.05, 0) is 32.0 Å². The van der Waals surface area contributed by atoms with Crippen LogP contribution in [-0.2, 0) is 6.54 Å². The van der Waals surface area contributed by atoms with Crippen molar-refractivity contribution < 1.29 is 10.1 Å². The van der Waals surface area contributed by atoms with E-state index in [1.807, 2.05) is 44.2 Å². The van der Waals surface area contributed by atoms with Gasteiger partial charge in [-0.1, -0.05) is 17.7 Å². The summed E-state index contributed by atoms with van der Waals surface area (Å²) in [4.78, 5) is 3.22. The fourth-order valence-corrected chi connectivity index (χ4v) is 1.73. The highest BCUT2D eigenvalue weighted by Crippen LogP contribution is 2.18. The SMILES string of the molecule is Cc1ccc(O)c(CNc2cccc(C)[nH+]2)c1. The number of rotatable bonds is 3. The average molecular weight is 229 g/mol. The van der Waals surface area contributed by atoms with E-state index in [-0.39, 0.29) is 0 Å². The molecule has 3 nitrogen and oxygen atoms in total. The number of aromatic hydroxyl groups is 1. The number of benzene rings is 1. The highest BCUT2D eigenvalue weighted by atomic mass is 16.3. The summed E-state index contributed by atoms with van der Waals surface area (Å²) in [6.45, 7) is 4.63. The number of hydrogen-bond donors (Lipinski definition) is 2. The number of aromatic nitrogens is 1. The molecule has 1 heterocycles. The number of pyridine rings is 1. The lowest BCUT2D eigenvalue weighted by molar-refractivity contribution is -0.371. The maximum absolute atomic E-state index is 9.72. The summed E-state index contributed by atoms with van der Waals surface area (Å²) in [6.07, 6.45) is 0. The standard InChI is InChI=1S/C14H16N2O/c1-10-6-7-13(17)12(8-10)9-15-14-5-3-4-11(2)16-14/h3-8,17H,9H2,1-2H3,(H,15,16)/p+1. The summed E-state index contributed by atoms with van der Waals surface area (Å²) in [6, 6.07) is 11.6. The van der Waals surface area contributed by atoms with E-state index in [1.165, 1.54) is 0 Å². The summed E-state index contributed by atoms with van der Waals surface area (Å²) >= 11 is 0. The van der Waals surface area contributed by atoms with Crippen LogP contribution in [0.4, 0.5) is 5.82 Å². The van der Waals surface area contributed by atoms with Gasteiger partial charge < -0.3 is 5.11 Å². The lowest BCUT2D eigenvalue weighted by Crippen LogP contribution is -2.15. The highest BCUT2D eigenvalue weighted by molar-refractivity contribution is 5.39. The van der Waals surface area contributed by atoms with Gasteiger partial charge >= 0.3 is 0 Å². The molecule has 0 saturated heterocycles. The van der Waals surface area contributed by atoms with Crippen LogP contribution >= 0.6 is 0 Å². The molecule has 0 fully saturated rings. The summed E-state index contributed by atoms with van der Waals surface area (Å²) in [5.41, 5.74) is 3.15. The third-order valence-electron chi connectivity index (χ3n) is 2.65. The largest absolute Gasteiger partial charge is 0.508 e. The Morgan fingerprint density at radius 1 is 1.18 bits per heavy atom. The first-order valence-corrected chi connectivity index (χ1v) is 5.66. The molecule has 0 aliphatic carbocycles. The second-order valence-electron chi connectivity index (χ2n) is 4.23. The van der Waals surface area contributed by atoms with Crippen molar-refractivity contribution in [3.63, 3.8) is 0 Å². The fourth-order valence-electron chi connectivity index (χ4n) is 1.73. The van der Waals surface area contributed by atoms with Crippen molar-refractivity contribution in [2.45, 2.75) is 20.4 Å². The summed E-state index contributed by atoms with van der Waals surface area (Å²) in [7, 11) is 0. The number of aromatic amines is 1. The third-order valence-corrected chi connectivity index (χ3v) is 2.65. The first-order chi connectivity index (χ1) is 8.15. The smallest absolute Gasteiger partial charge is 0.272 e. The van der Waals surface area contributed by atoms with Crippen molar-refractivity contribution in [2.24, 2.45) is 0 Å². The predicted octanol–water partition coefficient (Wildman–Crippen LogP) is 2.44. The number of hydrogen-bond acceptors (Lipinski definition) is 2. The minimum absolute atomic E-state index is 0.329. The van der Waals surface area contributed by atoms with Crippen LogP contribution in [0.3, 0.4) is 0 Å². The zero-order valence-corrected chi connectivity index (χ0v) is 10.1. The molecular weight excluding hydrogens is 212 g/mol. The van der Waals surface area contributed by atoms with Crippen molar-refractivity contribution in [3.8, 4) is 5.75 Å². The number of phenolic OH excluding ortho intramolecular Hbond substituents is 1. The van der Waals surface area contributed by atoms with Crippen molar-refractivity contribution in [3.05, 3.63) is 53.2 Å². The predicted molar refractivity (Wildman–Crippen MR) is 67.9 cm³/mol. The molecule has 0 bridgehead atoms. The van der Waals surface area contributed by atoms with Crippen LogP contribution < -0.4 is 10.3 Å². The van der Waals surface area contributed by atoms with E-state index < -0.39 is 0 Å². The van der Waals surface area contributed by atoms with Gasteiger partial charge in [0.05, 0.1) is 5.69 Å². The molecule has 0 unspecified atom stereocenters. The second kappa shape index (κ2) is 4.87. The summed E-state index contributed by atoms with van der Waals surface area (Å²) in [5, 5.41) is 13.0. The van der Waals surface area contributed by atoms with Crippen LogP contribution in [0.25, 0.3) is 0 Å². The Bertz CT molecular complexity index is 523. The Balaban J connectivity index is 2.09. The van der Waals surface area contributed by atoms with Crippen LogP contribution in [-0.4, -0.2) is 5.11 Å². The zero-order chi connectivity index (χ0) is 12.3. The zero-order valence-electron chi connectivity index (χ0n) is 10.1. The van der Waals surface area contributed by atoms with Gasteiger partial charge in [0.15, 0.2) is 0 Å². The van der Waals surface area contributed by atoms with E-state index in [2.05, 4.69) is 10.3 Å². The van der Waals surface area contributed by atoms with Gasteiger partial charge in [0.1, 0.15) is 12.3 Å². The average Bonchev–Trinajstić information content (AvgIpc) is 2.30. The number of nitrogens with one attached hydrogen (secondary N) is 2. The molecule has 0 saturated carbocycles. The molecule has 2 rings (SSSR count). The quantitative estimate of drug-likeness (QED) is 0.849. The maximum Gasteiger partial charge on any atom is 0.272 e. The van der Waals surface area contributed by atoms with Crippen LogP contribution in [0.15, 0.2) is 36.4 Å². The van der Waals surface area contributed by atoms with Crippen LogP contribution in [0.2, 0.25) is 0 Å². The van der Waals surface area contributed by atoms with Gasteiger partial charge in [-0.2, -0.15) is 0 Å². The molecule has 0 atom stereocenters. The van der Waals surface area contributed by atoms with Crippen molar-refractivity contribution in [1.29, 1.82) is 0 Å². The van der Waals surface area contributed by atoms with Crippen molar-refractivity contribution >= 4 is 5.82 Å². The molecule has 1 aromatic heterocycles. The first-order valence-electron chi connectivity index (χ1n) is 5.66. The molecule has 0 aliphatic heterocycles. The van der Waals surface area contributed by atoms with E-state index in [9.17, 15) is 5.11 Å². The number of aryl methyl sites for hydroxylation is 2. The molecule has 2 aromatic rings. The van der Waals surface area contributed by atoms with E-state index in [4.69, 9.17) is 0 Å². The first kappa shape index (κ1) is 11.5. The second-order valence-corrected chi connectivity index (χ2v) is 4.23. The Hall–Kier alpha value is -2.03. The fraction of sp³-hybridized carbons (Fsp3) is 0.214. The van der Waals surface area contributed by atoms with Crippen LogP contribution in [0, 0.1) is 13.8 Å². The normalized spacial score (nSPS) is 10.2. The molecule has 3 heteroatoms. The van der Waals surface area contributed by atoms with Gasteiger partial charge in [-0.15, -0.1) is 0 Å². The molecule has 0 spiro atoms. The van der Waals surface area contributed by atoms with Crippen molar-refractivity contribution in [1.82, 2.24) is 0 Å². The van der Waals surface area contributed by atoms with Gasteiger partial charge in [0.25, 0.3) is 5.82 Å². The molecule has 1 aromatic carbocycles. The lowest BCUT2D eigenvalue weighted by Gasteiger charge is -2.04. The maximum atomic E-state index is 9.72. The summed E-state index contributed by atoms with van der Waals surface area (Å²) < 4.78 is 0. The molecule has 17 heavy (non-hydrogen) atoms. The molecule has 0 radical (unpaired) electrons. The monoisotopic (exact) mass is 229 g/mol. The van der Waals surface area contributed by atoms with Gasteiger partial charge in [0.2, 0.25) is 0 Å². The van der Waals surface area contributed by atoms with E-state index in [0.717, 1.165) is 22.6 Å². The Morgan fingerprint density at radius 2 is 2.00 bits per heavy atom. The minimum Gasteiger partial charge on any atom is -0.508 e. The topological polar surface area (TPSA) is 46.4 Å². The Labute approximate surface area is 101 Å². The highest BCUT2D eigenvalue weighted by Gasteiger charge is 2.05. The number of phenols is 1. The van der Waals surface area contributed by atoms with Gasteiger partial charge in [0, 0.05) is 11.6 Å². The van der Waals surface area contributed by atoms with Crippen LogP contribution in [0.1, 0.15) is 16.8 Å². The lowest BCUT2D eigenvalue weighted by atomic mass is 10.1.